The van der Waals surface area contributed by atoms with Crippen LogP contribution in [0.15, 0.2) is 48.5 Å². The molecule has 0 unspecified atom stereocenters. The van der Waals surface area contributed by atoms with Crippen molar-refractivity contribution in [1.82, 2.24) is 10.6 Å². The Hall–Kier alpha value is -2.60. The van der Waals surface area contributed by atoms with E-state index in [1.165, 1.54) is 13.0 Å². The van der Waals surface area contributed by atoms with E-state index in [9.17, 15) is 18.4 Å². The number of nitrogens with one attached hydrogen (secondary N) is 2. The third kappa shape index (κ3) is 5.74. The summed E-state index contributed by atoms with van der Waals surface area (Å²) in [5.41, 5.74) is 1.49. The van der Waals surface area contributed by atoms with Crippen LogP contribution in [0.5, 0.6) is 0 Å². The summed E-state index contributed by atoms with van der Waals surface area (Å²) in [6, 6.07) is 12.1. The predicted octanol–water partition coefficient (Wildman–Crippen LogP) is 2.93. The lowest BCUT2D eigenvalue weighted by atomic mass is 10.0. The lowest BCUT2D eigenvalue weighted by molar-refractivity contribution is -0.126. The molecule has 0 spiro atoms. The largest absolute Gasteiger partial charge is 0.345 e. The van der Waals surface area contributed by atoms with Crippen LogP contribution in [0.25, 0.3) is 0 Å². The summed E-state index contributed by atoms with van der Waals surface area (Å²) in [5.74, 6) is -2.31. The Morgan fingerprint density at radius 1 is 1.04 bits per heavy atom. The van der Waals surface area contributed by atoms with Crippen molar-refractivity contribution >= 4 is 11.7 Å². The number of ketones is 1. The molecule has 4 nitrogen and oxygen atoms in total. The fraction of sp³-hybridized carbons (Fsp3) is 0.300. The zero-order valence-electron chi connectivity index (χ0n) is 14.8. The number of benzene rings is 2. The highest BCUT2D eigenvalue weighted by Crippen LogP contribution is 2.15. The van der Waals surface area contributed by atoms with Gasteiger partial charge in [0.15, 0.2) is 17.4 Å². The predicted molar refractivity (Wildman–Crippen MR) is 95.5 cm³/mol. The minimum atomic E-state index is -0.930. The van der Waals surface area contributed by atoms with Crippen LogP contribution in [0, 0.1) is 11.6 Å². The minimum Gasteiger partial charge on any atom is -0.345 e. The Kier molecular flexibility index (Phi) is 6.97. The molecule has 0 radical (unpaired) electrons. The normalized spacial score (nSPS) is 13.1. The monoisotopic (exact) mass is 360 g/mol. The molecule has 0 aromatic heterocycles. The number of amides is 1. The number of Topliss-reactive ketones (excluding diaryl/α,β-unsaturated/α-hetero) is 1. The average molecular weight is 360 g/mol. The first-order valence-electron chi connectivity index (χ1n) is 8.39. The maximum absolute atomic E-state index is 13.3. The molecule has 0 fully saturated rings. The van der Waals surface area contributed by atoms with Gasteiger partial charge in [0.1, 0.15) is 0 Å². The first kappa shape index (κ1) is 19.7. The number of hydrogen-bond donors (Lipinski definition) is 2. The fourth-order valence-electron chi connectivity index (χ4n) is 2.54. The van der Waals surface area contributed by atoms with Gasteiger partial charge >= 0.3 is 0 Å². The molecule has 0 aliphatic heterocycles. The van der Waals surface area contributed by atoms with Crippen molar-refractivity contribution < 1.29 is 18.4 Å². The number of halogens is 2. The van der Waals surface area contributed by atoms with Gasteiger partial charge in [-0.1, -0.05) is 36.4 Å². The molecular weight excluding hydrogens is 338 g/mol. The van der Waals surface area contributed by atoms with Crippen LogP contribution in [-0.4, -0.2) is 24.3 Å². The Labute approximate surface area is 151 Å². The van der Waals surface area contributed by atoms with Crippen LogP contribution in [0.2, 0.25) is 0 Å². The van der Waals surface area contributed by atoms with Crippen molar-refractivity contribution in [3.63, 3.8) is 0 Å². The van der Waals surface area contributed by atoms with Crippen molar-refractivity contribution in [2.75, 3.05) is 6.54 Å². The highest BCUT2D eigenvalue weighted by atomic mass is 19.2. The van der Waals surface area contributed by atoms with Gasteiger partial charge < -0.3 is 10.6 Å². The molecule has 2 N–H and O–H groups in total. The average Bonchev–Trinajstić information content (AvgIpc) is 2.62. The second kappa shape index (κ2) is 9.20. The zero-order valence-corrected chi connectivity index (χ0v) is 14.8. The quantitative estimate of drug-likeness (QED) is 0.761. The van der Waals surface area contributed by atoms with E-state index >= 15 is 0 Å². The van der Waals surface area contributed by atoms with Crippen molar-refractivity contribution in [3.05, 3.63) is 71.3 Å². The standard InChI is InChI=1S/C20H22F2N2O2/c1-13(16-8-9-17(21)18(22)11-16)23-12-20(26)24-19(14(2)25)10-15-6-4-3-5-7-15/h3-9,11,13,19,23H,10,12H2,1-2H3,(H,24,26)/t13-,19+/m0/s1. The van der Waals surface area contributed by atoms with Crippen LogP contribution in [0.3, 0.4) is 0 Å². The zero-order chi connectivity index (χ0) is 19.1. The highest BCUT2D eigenvalue weighted by Gasteiger charge is 2.18. The van der Waals surface area contributed by atoms with Crippen molar-refractivity contribution in [1.29, 1.82) is 0 Å². The SMILES string of the molecule is CC(=O)[C@@H](Cc1ccccc1)NC(=O)CN[C@@H](C)c1ccc(F)c(F)c1. The number of rotatable bonds is 8. The third-order valence-corrected chi connectivity index (χ3v) is 4.12. The minimum absolute atomic E-state index is 0.0429. The van der Waals surface area contributed by atoms with E-state index in [0.29, 0.717) is 12.0 Å². The van der Waals surface area contributed by atoms with E-state index < -0.39 is 17.7 Å². The maximum atomic E-state index is 13.3. The molecule has 0 aliphatic rings. The van der Waals surface area contributed by atoms with Gasteiger partial charge in [0.25, 0.3) is 0 Å². The summed E-state index contributed by atoms with van der Waals surface area (Å²) in [6.45, 7) is 3.14. The second-order valence-electron chi connectivity index (χ2n) is 6.20. The number of hydrogen-bond acceptors (Lipinski definition) is 3. The molecule has 0 saturated carbocycles. The van der Waals surface area contributed by atoms with Gasteiger partial charge in [-0.25, -0.2) is 8.78 Å². The first-order chi connectivity index (χ1) is 12.4. The van der Waals surface area contributed by atoms with Crippen LogP contribution >= 0.6 is 0 Å². The lowest BCUT2D eigenvalue weighted by Crippen LogP contribution is -2.45. The molecular formula is C20H22F2N2O2. The third-order valence-electron chi connectivity index (χ3n) is 4.12. The van der Waals surface area contributed by atoms with E-state index in [0.717, 1.165) is 17.7 Å². The topological polar surface area (TPSA) is 58.2 Å². The molecule has 2 atom stereocenters. The van der Waals surface area contributed by atoms with E-state index in [4.69, 9.17) is 0 Å². The van der Waals surface area contributed by atoms with Crippen LogP contribution in [0.4, 0.5) is 8.78 Å². The van der Waals surface area contributed by atoms with E-state index in [-0.39, 0.29) is 24.3 Å². The summed E-state index contributed by atoms with van der Waals surface area (Å²) < 4.78 is 26.3. The molecule has 2 rings (SSSR count). The van der Waals surface area contributed by atoms with Crippen LogP contribution in [-0.2, 0) is 16.0 Å². The maximum Gasteiger partial charge on any atom is 0.234 e. The van der Waals surface area contributed by atoms with Crippen molar-refractivity contribution in [2.24, 2.45) is 0 Å². The van der Waals surface area contributed by atoms with E-state index in [2.05, 4.69) is 10.6 Å². The smallest absolute Gasteiger partial charge is 0.234 e. The Bertz CT molecular complexity index is 766. The van der Waals surface area contributed by atoms with Gasteiger partial charge in [-0.3, -0.25) is 9.59 Å². The molecule has 138 valence electrons. The molecule has 2 aromatic carbocycles. The van der Waals surface area contributed by atoms with Gasteiger partial charge in [0.05, 0.1) is 12.6 Å². The van der Waals surface area contributed by atoms with Gasteiger partial charge in [0, 0.05) is 6.04 Å². The summed E-state index contributed by atoms with van der Waals surface area (Å²) in [5, 5.41) is 5.65. The Morgan fingerprint density at radius 2 is 1.73 bits per heavy atom. The summed E-state index contributed by atoms with van der Waals surface area (Å²) in [7, 11) is 0. The fourth-order valence-corrected chi connectivity index (χ4v) is 2.54. The Morgan fingerprint density at radius 3 is 2.35 bits per heavy atom. The lowest BCUT2D eigenvalue weighted by Gasteiger charge is -2.18. The molecule has 0 heterocycles. The number of carbonyl (C=O) groups is 2. The van der Waals surface area contributed by atoms with Gasteiger partial charge in [0.2, 0.25) is 5.91 Å². The molecule has 0 saturated heterocycles. The van der Waals surface area contributed by atoms with E-state index in [1.54, 1.807) is 6.92 Å². The van der Waals surface area contributed by atoms with Crippen molar-refractivity contribution in [2.45, 2.75) is 32.4 Å². The summed E-state index contributed by atoms with van der Waals surface area (Å²) in [6.07, 6.45) is 0.417. The summed E-state index contributed by atoms with van der Waals surface area (Å²) >= 11 is 0. The van der Waals surface area contributed by atoms with Gasteiger partial charge in [-0.2, -0.15) is 0 Å². The second-order valence-corrected chi connectivity index (χ2v) is 6.20. The Balaban J connectivity index is 1.89. The molecule has 6 heteroatoms. The summed E-state index contributed by atoms with van der Waals surface area (Å²) in [4.78, 5) is 23.9. The molecule has 1 amide bonds. The molecule has 2 aromatic rings. The molecule has 0 aliphatic carbocycles. The van der Waals surface area contributed by atoms with Gasteiger partial charge in [-0.05, 0) is 43.5 Å². The van der Waals surface area contributed by atoms with Crippen molar-refractivity contribution in [3.8, 4) is 0 Å². The molecule has 26 heavy (non-hydrogen) atoms. The van der Waals surface area contributed by atoms with Crippen LogP contribution < -0.4 is 10.6 Å². The van der Waals surface area contributed by atoms with Gasteiger partial charge in [-0.15, -0.1) is 0 Å². The highest BCUT2D eigenvalue weighted by molar-refractivity contribution is 5.88. The number of carbonyl (C=O) groups excluding carboxylic acids is 2. The first-order valence-corrected chi connectivity index (χ1v) is 8.39. The molecule has 0 bridgehead atoms. The van der Waals surface area contributed by atoms with Crippen LogP contribution in [0.1, 0.15) is 31.0 Å². The van der Waals surface area contributed by atoms with E-state index in [1.807, 2.05) is 30.3 Å².